The average Bonchev–Trinajstić information content (AvgIpc) is 3.79. The third-order valence-electron chi connectivity index (χ3n) is 9.71. The molecule has 0 aliphatic carbocycles. The third kappa shape index (κ3) is 4.72. The van der Waals surface area contributed by atoms with Gasteiger partial charge in [-0.1, -0.05) is 17.7 Å². The summed E-state index contributed by atoms with van der Waals surface area (Å²) in [5.41, 5.74) is 5.52. The summed E-state index contributed by atoms with van der Waals surface area (Å²) in [5.74, 6) is -1.24. The number of rotatable bonds is 6. The molecule has 2 N–H and O–H groups in total. The van der Waals surface area contributed by atoms with Gasteiger partial charge in [0, 0.05) is 30.5 Å². The summed E-state index contributed by atoms with van der Waals surface area (Å²) in [6.07, 6.45) is 2.84. The van der Waals surface area contributed by atoms with E-state index in [-0.39, 0.29) is 78.6 Å². The first kappa shape index (κ1) is 29.8. The van der Waals surface area contributed by atoms with Gasteiger partial charge in [0.2, 0.25) is 5.88 Å². The number of aromatic nitrogens is 2. The van der Waals surface area contributed by atoms with Gasteiger partial charge in [0.15, 0.2) is 11.6 Å². The van der Waals surface area contributed by atoms with Crippen molar-refractivity contribution in [1.29, 1.82) is 5.26 Å². The fourth-order valence-corrected chi connectivity index (χ4v) is 8.89. The maximum Gasteiger partial charge on any atom is 0.320 e. The second-order valence-corrected chi connectivity index (χ2v) is 14.0. The summed E-state index contributed by atoms with van der Waals surface area (Å²) in [7, 11) is 0. The van der Waals surface area contributed by atoms with Crippen molar-refractivity contribution in [3.63, 3.8) is 0 Å². The van der Waals surface area contributed by atoms with Crippen LogP contribution in [-0.4, -0.2) is 83.5 Å². The van der Waals surface area contributed by atoms with Gasteiger partial charge in [-0.3, -0.25) is 9.80 Å². The van der Waals surface area contributed by atoms with E-state index < -0.39 is 29.4 Å². The number of nitrogen functional groups attached to an aromatic ring is 1. The number of nitrogens with two attached hydrogens (primary N) is 1. The van der Waals surface area contributed by atoms with Crippen LogP contribution in [0.5, 0.6) is 17.6 Å². The van der Waals surface area contributed by atoms with Crippen molar-refractivity contribution >= 4 is 48.9 Å². The number of benzene rings is 2. The van der Waals surface area contributed by atoms with Crippen LogP contribution in [0.15, 0.2) is 12.1 Å². The van der Waals surface area contributed by atoms with E-state index in [4.69, 9.17) is 31.5 Å². The van der Waals surface area contributed by atoms with Crippen molar-refractivity contribution in [1.82, 2.24) is 19.8 Å². The van der Waals surface area contributed by atoms with Crippen LogP contribution < -0.4 is 19.9 Å². The highest BCUT2D eigenvalue weighted by atomic mass is 35.5. The number of fused-ring (bicyclic) bond motifs is 2. The Labute approximate surface area is 271 Å². The predicted molar refractivity (Wildman–Crippen MR) is 169 cm³/mol. The largest absolute Gasteiger partial charge is 0.487 e. The van der Waals surface area contributed by atoms with Crippen LogP contribution in [0.4, 0.5) is 18.2 Å². The Balaban J connectivity index is 1.29. The molecule has 3 saturated heterocycles. The lowest BCUT2D eigenvalue weighted by Crippen LogP contribution is -2.43. The van der Waals surface area contributed by atoms with Crippen molar-refractivity contribution in [3.8, 4) is 34.8 Å². The van der Waals surface area contributed by atoms with Gasteiger partial charge in [-0.05, 0) is 56.9 Å². The van der Waals surface area contributed by atoms with Gasteiger partial charge in [0.25, 0.3) is 0 Å². The Morgan fingerprint density at radius 1 is 1.17 bits per heavy atom. The van der Waals surface area contributed by atoms with Crippen LogP contribution in [0.1, 0.15) is 37.7 Å². The number of nitriles is 1. The van der Waals surface area contributed by atoms with Crippen molar-refractivity contribution in [3.05, 3.63) is 34.4 Å². The number of thiophene rings is 1. The SMILES string of the molecule is N#Cc1c(N)sc2c(F)ccc(-c3c(Cl)c4c5c(nc(OC[C@@]67CCCN6C[C@H](F)C7)nc5c3F)OC(CN3CCCC3)CO4)c12. The third-order valence-corrected chi connectivity index (χ3v) is 11.1. The first-order valence-electron chi connectivity index (χ1n) is 15.4. The predicted octanol–water partition coefficient (Wildman–Crippen LogP) is 6.09. The minimum Gasteiger partial charge on any atom is -0.487 e. The quantitative estimate of drug-likeness (QED) is 0.261. The zero-order valence-corrected chi connectivity index (χ0v) is 26.3. The summed E-state index contributed by atoms with van der Waals surface area (Å²) in [6.45, 7) is 3.81. The molecule has 4 aromatic rings. The molecule has 6 heterocycles. The number of nitrogens with zero attached hydrogens (tertiary/aromatic N) is 5. The number of hydrogen-bond acceptors (Lipinski definition) is 10. The van der Waals surface area contributed by atoms with Crippen molar-refractivity contribution in [2.75, 3.05) is 51.7 Å². The van der Waals surface area contributed by atoms with Crippen molar-refractivity contribution in [2.45, 2.75) is 49.9 Å². The standard InChI is InChI=1S/C32H30ClF3N6O3S/c33-24-22(18-4-5-20(35)28-21(18)19(11-37)29(38)46-28)25(36)26-23-27(24)43-14-17(13-41-7-1-2-8-41)45-30(23)40-31(39-26)44-15-32-6-3-9-42(32)12-16(34)10-32/h4-5,16-17H,1-3,6-10,12-15,38H2/t16-,17?,32+/m1/s1. The smallest absolute Gasteiger partial charge is 0.320 e. The first-order chi connectivity index (χ1) is 22.3. The van der Waals surface area contributed by atoms with Crippen LogP contribution in [0, 0.1) is 23.0 Å². The second-order valence-electron chi connectivity index (χ2n) is 12.5. The minimum absolute atomic E-state index is 0.0290. The molecule has 2 aromatic heterocycles. The molecule has 0 saturated carbocycles. The lowest BCUT2D eigenvalue weighted by Gasteiger charge is -2.30. The monoisotopic (exact) mass is 670 g/mol. The molecular weight excluding hydrogens is 641 g/mol. The highest BCUT2D eigenvalue weighted by Crippen LogP contribution is 2.51. The molecule has 2 aromatic carbocycles. The molecule has 4 aliphatic heterocycles. The molecule has 4 aliphatic rings. The van der Waals surface area contributed by atoms with E-state index in [1.807, 2.05) is 6.07 Å². The molecule has 240 valence electrons. The molecule has 9 nitrogen and oxygen atoms in total. The second kappa shape index (κ2) is 11.3. The first-order valence-corrected chi connectivity index (χ1v) is 16.6. The molecule has 46 heavy (non-hydrogen) atoms. The molecule has 0 radical (unpaired) electrons. The maximum atomic E-state index is 16.9. The minimum atomic E-state index is -0.945. The Morgan fingerprint density at radius 3 is 2.80 bits per heavy atom. The summed E-state index contributed by atoms with van der Waals surface area (Å²) < 4.78 is 65.2. The Bertz CT molecular complexity index is 1930. The highest BCUT2D eigenvalue weighted by Gasteiger charge is 2.49. The van der Waals surface area contributed by atoms with Gasteiger partial charge in [0.1, 0.15) is 53.3 Å². The molecule has 3 atom stereocenters. The Hall–Kier alpha value is -3.57. The van der Waals surface area contributed by atoms with Crippen LogP contribution in [-0.2, 0) is 0 Å². The maximum absolute atomic E-state index is 16.9. The summed E-state index contributed by atoms with van der Waals surface area (Å²) >= 11 is 7.87. The summed E-state index contributed by atoms with van der Waals surface area (Å²) in [6, 6.07) is 4.47. The van der Waals surface area contributed by atoms with Gasteiger partial charge in [-0.15, -0.1) is 11.3 Å². The molecule has 0 amide bonds. The van der Waals surface area contributed by atoms with E-state index in [0.717, 1.165) is 56.7 Å². The van der Waals surface area contributed by atoms with E-state index in [9.17, 15) is 14.0 Å². The number of ether oxygens (including phenoxy) is 3. The highest BCUT2D eigenvalue weighted by molar-refractivity contribution is 7.23. The zero-order chi connectivity index (χ0) is 31.7. The Morgan fingerprint density at radius 2 is 2.00 bits per heavy atom. The fraction of sp³-hybridized carbons (Fsp3) is 0.469. The van der Waals surface area contributed by atoms with E-state index in [0.29, 0.717) is 19.5 Å². The molecule has 0 bridgehead atoms. The zero-order valence-electron chi connectivity index (χ0n) is 24.8. The van der Waals surface area contributed by atoms with Gasteiger partial charge in [-0.25, -0.2) is 13.2 Å². The van der Waals surface area contributed by atoms with Crippen molar-refractivity contribution < 1.29 is 27.4 Å². The van der Waals surface area contributed by atoms with Gasteiger partial charge >= 0.3 is 6.01 Å². The van der Waals surface area contributed by atoms with E-state index in [1.54, 1.807) is 0 Å². The van der Waals surface area contributed by atoms with E-state index in [2.05, 4.69) is 19.8 Å². The topological polar surface area (TPSA) is 110 Å². The van der Waals surface area contributed by atoms with E-state index in [1.165, 1.54) is 12.1 Å². The molecule has 0 spiro atoms. The van der Waals surface area contributed by atoms with Crippen LogP contribution >= 0.6 is 22.9 Å². The van der Waals surface area contributed by atoms with Gasteiger partial charge in [0.05, 0.1) is 20.8 Å². The number of halogens is 4. The van der Waals surface area contributed by atoms with Crippen LogP contribution in [0.3, 0.4) is 0 Å². The van der Waals surface area contributed by atoms with Crippen LogP contribution in [0.2, 0.25) is 5.02 Å². The molecular formula is C32H30ClF3N6O3S. The van der Waals surface area contributed by atoms with Crippen molar-refractivity contribution in [2.24, 2.45) is 0 Å². The number of alkyl halides is 1. The molecule has 14 heteroatoms. The fourth-order valence-electron chi connectivity index (χ4n) is 7.61. The normalized spacial score (nSPS) is 24.6. The molecule has 3 fully saturated rings. The number of likely N-dealkylation sites (tertiary alicyclic amines) is 1. The van der Waals surface area contributed by atoms with E-state index >= 15 is 4.39 Å². The average molecular weight is 671 g/mol. The van der Waals surface area contributed by atoms with Crippen LogP contribution in [0.25, 0.3) is 32.1 Å². The number of anilines is 1. The van der Waals surface area contributed by atoms with Gasteiger partial charge in [-0.2, -0.15) is 15.2 Å². The Kier molecular flexibility index (Phi) is 7.32. The molecule has 8 rings (SSSR count). The lowest BCUT2D eigenvalue weighted by molar-refractivity contribution is 0.0940. The summed E-state index contributed by atoms with van der Waals surface area (Å²) in [4.78, 5) is 13.5. The lowest BCUT2D eigenvalue weighted by atomic mass is 9.95. The number of hydrogen-bond donors (Lipinski definition) is 1. The summed E-state index contributed by atoms with van der Waals surface area (Å²) in [5, 5.41) is 10.2. The molecule has 1 unspecified atom stereocenters. The van der Waals surface area contributed by atoms with Gasteiger partial charge < -0.3 is 19.9 Å².